The van der Waals surface area contributed by atoms with Crippen LogP contribution in [0.3, 0.4) is 0 Å². The van der Waals surface area contributed by atoms with Gasteiger partial charge in [0.1, 0.15) is 12.0 Å². The van der Waals surface area contributed by atoms with E-state index in [9.17, 15) is 0 Å². The molecular weight excluding hydrogens is 218 g/mol. The Labute approximate surface area is 96.9 Å². The van der Waals surface area contributed by atoms with Crippen molar-refractivity contribution in [3.63, 3.8) is 0 Å². The Morgan fingerprint density at radius 1 is 1.24 bits per heavy atom. The molecule has 0 aromatic carbocycles. The van der Waals surface area contributed by atoms with Gasteiger partial charge in [-0.05, 0) is 0 Å². The number of aromatic nitrogens is 6. The minimum Gasteiger partial charge on any atom is -0.335 e. The smallest absolute Gasteiger partial charge is 0.189 e. The van der Waals surface area contributed by atoms with Crippen molar-refractivity contribution < 1.29 is 0 Å². The first-order chi connectivity index (χ1) is 8.38. The fourth-order valence-corrected chi connectivity index (χ4v) is 1.67. The van der Waals surface area contributed by atoms with Crippen molar-refractivity contribution >= 4 is 5.65 Å². The largest absolute Gasteiger partial charge is 0.335 e. The van der Waals surface area contributed by atoms with Crippen LogP contribution in [0.25, 0.3) is 17.2 Å². The Balaban J connectivity index is 2.07. The summed E-state index contributed by atoms with van der Waals surface area (Å²) in [6.45, 7) is 1.32. The highest BCUT2D eigenvalue weighted by molar-refractivity contribution is 5.53. The van der Waals surface area contributed by atoms with E-state index < -0.39 is 0 Å². The molecule has 0 atom stereocenters. The average molecular weight is 229 g/mol. The second kappa shape index (κ2) is 3.95. The van der Waals surface area contributed by atoms with Gasteiger partial charge in [0, 0.05) is 31.5 Å². The molecule has 3 aromatic heterocycles. The quantitative estimate of drug-likeness (QED) is 0.680. The number of rotatable bonds is 3. The Morgan fingerprint density at radius 3 is 3.06 bits per heavy atom. The van der Waals surface area contributed by atoms with Crippen LogP contribution in [0.2, 0.25) is 0 Å². The van der Waals surface area contributed by atoms with Crippen molar-refractivity contribution in [3.8, 4) is 11.5 Å². The highest BCUT2D eigenvalue weighted by Gasteiger charge is 2.10. The molecule has 0 aliphatic rings. The minimum absolute atomic E-state index is 0.581. The van der Waals surface area contributed by atoms with Crippen LogP contribution >= 0.6 is 0 Å². The van der Waals surface area contributed by atoms with E-state index in [1.807, 2.05) is 10.8 Å². The SMILES string of the molecule is NCCn1cnc(-c2nnc3ccncn23)c1. The summed E-state index contributed by atoms with van der Waals surface area (Å²) >= 11 is 0. The van der Waals surface area contributed by atoms with Gasteiger partial charge in [-0.3, -0.25) is 4.40 Å². The van der Waals surface area contributed by atoms with Gasteiger partial charge in [0.2, 0.25) is 0 Å². The Bertz CT molecular complexity index is 639. The second-order valence-electron chi connectivity index (χ2n) is 3.62. The van der Waals surface area contributed by atoms with Crippen LogP contribution in [-0.2, 0) is 6.54 Å². The normalized spacial score (nSPS) is 11.1. The lowest BCUT2D eigenvalue weighted by Crippen LogP contribution is -2.07. The maximum atomic E-state index is 5.49. The zero-order chi connectivity index (χ0) is 11.7. The number of hydrogen-bond acceptors (Lipinski definition) is 5. The zero-order valence-corrected chi connectivity index (χ0v) is 9.06. The summed E-state index contributed by atoms with van der Waals surface area (Å²) in [5, 5.41) is 8.15. The predicted molar refractivity (Wildman–Crippen MR) is 61.1 cm³/mol. The standard InChI is InChI=1S/C10H11N7/c11-2-4-16-5-8(13-7-16)10-15-14-9-1-3-12-6-17(9)10/h1,3,5-7H,2,4,11H2. The van der Waals surface area contributed by atoms with Crippen molar-refractivity contribution in [2.45, 2.75) is 6.54 Å². The molecule has 0 radical (unpaired) electrons. The molecule has 0 aliphatic carbocycles. The van der Waals surface area contributed by atoms with Gasteiger partial charge >= 0.3 is 0 Å². The molecule has 2 N–H and O–H groups in total. The Kier molecular flexibility index (Phi) is 2.30. The lowest BCUT2D eigenvalue weighted by atomic mass is 10.4. The van der Waals surface area contributed by atoms with Crippen molar-refractivity contribution in [2.75, 3.05) is 6.54 Å². The average Bonchev–Trinajstić information content (AvgIpc) is 2.95. The second-order valence-corrected chi connectivity index (χ2v) is 3.62. The molecule has 7 heteroatoms. The summed E-state index contributed by atoms with van der Waals surface area (Å²) < 4.78 is 3.72. The molecule has 0 amide bonds. The third-order valence-electron chi connectivity index (χ3n) is 2.46. The number of nitrogens with zero attached hydrogens (tertiary/aromatic N) is 6. The van der Waals surface area contributed by atoms with Gasteiger partial charge in [-0.25, -0.2) is 9.97 Å². The van der Waals surface area contributed by atoms with Gasteiger partial charge in [0.15, 0.2) is 11.5 Å². The maximum absolute atomic E-state index is 5.49. The third kappa shape index (κ3) is 1.66. The fraction of sp³-hybridized carbons (Fsp3) is 0.200. The van der Waals surface area contributed by atoms with E-state index in [2.05, 4.69) is 20.2 Å². The fourth-order valence-electron chi connectivity index (χ4n) is 1.67. The summed E-state index contributed by atoms with van der Waals surface area (Å²) in [6.07, 6.45) is 6.99. The molecule has 0 aliphatic heterocycles. The summed E-state index contributed by atoms with van der Waals surface area (Å²) in [7, 11) is 0. The number of fused-ring (bicyclic) bond motifs is 1. The van der Waals surface area contributed by atoms with E-state index in [0.29, 0.717) is 12.4 Å². The molecule has 0 bridgehead atoms. The van der Waals surface area contributed by atoms with E-state index in [4.69, 9.17) is 5.73 Å². The number of nitrogens with two attached hydrogens (primary N) is 1. The van der Waals surface area contributed by atoms with Crippen LogP contribution in [0.4, 0.5) is 0 Å². The molecule has 17 heavy (non-hydrogen) atoms. The van der Waals surface area contributed by atoms with E-state index >= 15 is 0 Å². The summed E-state index contributed by atoms with van der Waals surface area (Å²) in [6, 6.07) is 1.80. The van der Waals surface area contributed by atoms with Gasteiger partial charge in [-0.1, -0.05) is 0 Å². The molecule has 86 valence electrons. The van der Waals surface area contributed by atoms with Crippen molar-refractivity contribution in [1.82, 2.24) is 29.1 Å². The van der Waals surface area contributed by atoms with Gasteiger partial charge in [0.05, 0.1) is 6.33 Å². The van der Waals surface area contributed by atoms with Crippen molar-refractivity contribution in [1.29, 1.82) is 0 Å². The number of hydrogen-bond donors (Lipinski definition) is 1. The third-order valence-corrected chi connectivity index (χ3v) is 2.46. The first-order valence-electron chi connectivity index (χ1n) is 5.25. The molecule has 3 heterocycles. The lowest BCUT2D eigenvalue weighted by Gasteiger charge is -1.96. The Morgan fingerprint density at radius 2 is 2.18 bits per heavy atom. The van der Waals surface area contributed by atoms with Gasteiger partial charge in [0.25, 0.3) is 0 Å². The predicted octanol–water partition coefficient (Wildman–Crippen LogP) is -0.0535. The molecule has 0 fully saturated rings. The van der Waals surface area contributed by atoms with Crippen LogP contribution in [0.15, 0.2) is 31.1 Å². The van der Waals surface area contributed by atoms with Crippen LogP contribution in [0, 0.1) is 0 Å². The molecular formula is C10H11N7. The van der Waals surface area contributed by atoms with Crippen molar-refractivity contribution in [3.05, 3.63) is 31.1 Å². The Hall–Kier alpha value is -2.28. The molecule has 3 rings (SSSR count). The van der Waals surface area contributed by atoms with Gasteiger partial charge in [-0.15, -0.1) is 10.2 Å². The van der Waals surface area contributed by atoms with Crippen LogP contribution < -0.4 is 5.73 Å². The number of imidazole rings is 1. The monoisotopic (exact) mass is 229 g/mol. The lowest BCUT2D eigenvalue weighted by molar-refractivity contribution is 0.708. The first-order valence-corrected chi connectivity index (χ1v) is 5.25. The van der Waals surface area contributed by atoms with Crippen LogP contribution in [0.5, 0.6) is 0 Å². The van der Waals surface area contributed by atoms with E-state index in [1.165, 1.54) is 0 Å². The van der Waals surface area contributed by atoms with Crippen LogP contribution in [-0.4, -0.2) is 35.7 Å². The highest BCUT2D eigenvalue weighted by atomic mass is 15.3. The molecule has 0 unspecified atom stereocenters. The van der Waals surface area contributed by atoms with Gasteiger partial charge < -0.3 is 10.3 Å². The molecule has 0 saturated heterocycles. The van der Waals surface area contributed by atoms with E-state index in [0.717, 1.165) is 17.9 Å². The molecule has 0 saturated carbocycles. The summed E-state index contributed by atoms with van der Waals surface area (Å²) in [5.41, 5.74) is 7.00. The van der Waals surface area contributed by atoms with Crippen molar-refractivity contribution in [2.24, 2.45) is 5.73 Å². The highest BCUT2D eigenvalue weighted by Crippen LogP contribution is 2.14. The molecule has 3 aromatic rings. The van der Waals surface area contributed by atoms with E-state index in [1.54, 1.807) is 29.3 Å². The minimum atomic E-state index is 0.581. The first kappa shape index (κ1) is 9.91. The molecule has 0 spiro atoms. The van der Waals surface area contributed by atoms with E-state index in [-0.39, 0.29) is 0 Å². The topological polar surface area (TPSA) is 86.9 Å². The van der Waals surface area contributed by atoms with Crippen LogP contribution in [0.1, 0.15) is 0 Å². The maximum Gasteiger partial charge on any atom is 0.189 e. The summed E-state index contributed by atoms with van der Waals surface area (Å²) in [5.74, 6) is 0.684. The summed E-state index contributed by atoms with van der Waals surface area (Å²) in [4.78, 5) is 8.33. The molecule has 7 nitrogen and oxygen atoms in total. The zero-order valence-electron chi connectivity index (χ0n) is 9.06. The van der Waals surface area contributed by atoms with Gasteiger partial charge in [-0.2, -0.15) is 0 Å².